The van der Waals surface area contributed by atoms with Crippen LogP contribution >= 0.6 is 0 Å². The van der Waals surface area contributed by atoms with E-state index in [0.29, 0.717) is 23.3 Å². The van der Waals surface area contributed by atoms with Crippen molar-refractivity contribution in [1.29, 1.82) is 0 Å². The van der Waals surface area contributed by atoms with Crippen molar-refractivity contribution in [1.82, 2.24) is 0 Å². The Kier molecular flexibility index (Phi) is 4.51. The van der Waals surface area contributed by atoms with Crippen LogP contribution in [0.25, 0.3) is 0 Å². The Morgan fingerprint density at radius 3 is 2.59 bits per heavy atom. The third kappa shape index (κ3) is 3.21. The smallest absolute Gasteiger partial charge is 0.346 e. The van der Waals surface area contributed by atoms with Crippen molar-refractivity contribution in [3.8, 4) is 11.5 Å². The van der Waals surface area contributed by atoms with Crippen LogP contribution in [0.4, 0.5) is 0 Å². The average Bonchev–Trinajstić information content (AvgIpc) is 2.37. The molecule has 0 aliphatic rings. The van der Waals surface area contributed by atoms with Gasteiger partial charge in [0.05, 0.1) is 19.8 Å². The van der Waals surface area contributed by atoms with Crippen molar-refractivity contribution >= 4 is 12.3 Å². The summed E-state index contributed by atoms with van der Waals surface area (Å²) < 4.78 is 14.8. The highest BCUT2D eigenvalue weighted by molar-refractivity contribution is 5.81. The van der Waals surface area contributed by atoms with Crippen LogP contribution in [0.2, 0.25) is 0 Å². The molecule has 0 saturated heterocycles. The molecule has 0 heterocycles. The summed E-state index contributed by atoms with van der Waals surface area (Å²) in [5.74, 6) is 0.363. The average molecular weight is 238 g/mol. The van der Waals surface area contributed by atoms with Crippen molar-refractivity contribution in [3.63, 3.8) is 0 Å². The zero-order valence-electron chi connectivity index (χ0n) is 9.93. The number of methoxy groups -OCH3 is 2. The maximum atomic E-state index is 11.2. The molecular weight excluding hydrogens is 224 g/mol. The van der Waals surface area contributed by atoms with Crippen LogP contribution in [0.15, 0.2) is 18.2 Å². The van der Waals surface area contributed by atoms with Crippen LogP contribution in [0, 0.1) is 0 Å². The molecule has 1 aromatic rings. The maximum absolute atomic E-state index is 11.2. The van der Waals surface area contributed by atoms with E-state index in [0.717, 1.165) is 0 Å². The largest absolute Gasteiger partial charge is 0.497 e. The fourth-order valence-corrected chi connectivity index (χ4v) is 1.26. The van der Waals surface area contributed by atoms with Gasteiger partial charge in [0.15, 0.2) is 12.4 Å². The second kappa shape index (κ2) is 5.89. The lowest BCUT2D eigenvalue weighted by Crippen LogP contribution is -2.25. The Balaban J connectivity index is 2.90. The van der Waals surface area contributed by atoms with Gasteiger partial charge in [-0.05, 0) is 25.1 Å². The van der Waals surface area contributed by atoms with Crippen LogP contribution in [0.1, 0.15) is 17.3 Å². The topological polar surface area (TPSA) is 61.8 Å². The molecule has 0 radical (unpaired) electrons. The number of carbonyl (C=O) groups excluding carboxylic acids is 2. The molecule has 0 bridgehead atoms. The molecule has 0 N–H and O–H groups in total. The summed E-state index contributed by atoms with van der Waals surface area (Å²) in [6.45, 7) is 1.55. The lowest BCUT2D eigenvalue weighted by molar-refractivity contribution is -0.147. The molecule has 0 aliphatic carbocycles. The van der Waals surface area contributed by atoms with Gasteiger partial charge in [-0.1, -0.05) is 0 Å². The number of esters is 1. The van der Waals surface area contributed by atoms with Gasteiger partial charge in [0, 0.05) is 0 Å². The van der Waals surface area contributed by atoms with Crippen LogP contribution in [-0.2, 0) is 9.53 Å². The number of aldehydes is 1. The molecular formula is C12H14O5. The van der Waals surface area contributed by atoms with E-state index in [1.807, 2.05) is 0 Å². The first kappa shape index (κ1) is 13.0. The van der Waals surface area contributed by atoms with Gasteiger partial charge in [-0.2, -0.15) is 0 Å². The first-order valence-electron chi connectivity index (χ1n) is 5.00. The number of rotatable bonds is 5. The fraction of sp³-hybridized carbons (Fsp3) is 0.333. The molecule has 92 valence electrons. The summed E-state index contributed by atoms with van der Waals surface area (Å²) in [5.41, 5.74) is 0.320. The van der Waals surface area contributed by atoms with Crippen LogP contribution < -0.4 is 9.47 Å². The Labute approximate surface area is 99.3 Å². The number of ether oxygens (including phenoxy) is 3. The minimum absolute atomic E-state index is 0.318. The minimum Gasteiger partial charge on any atom is -0.497 e. The molecule has 0 aliphatic heterocycles. The summed E-state index contributed by atoms with van der Waals surface area (Å²) in [6.07, 6.45) is -0.130. The molecule has 0 fully saturated rings. The summed E-state index contributed by atoms with van der Waals surface area (Å²) in [6, 6.07) is 4.75. The van der Waals surface area contributed by atoms with Gasteiger partial charge in [-0.25, -0.2) is 4.79 Å². The van der Waals surface area contributed by atoms with Crippen LogP contribution in [0.5, 0.6) is 11.5 Å². The van der Waals surface area contributed by atoms with Gasteiger partial charge >= 0.3 is 5.97 Å². The van der Waals surface area contributed by atoms with Crippen molar-refractivity contribution in [2.45, 2.75) is 13.0 Å². The standard InChI is InChI=1S/C12H14O5/c1-8(12(14)16-3)17-11-5-4-10(15-2)6-9(11)7-13/h4-8H,1-3H3. The van der Waals surface area contributed by atoms with Crippen LogP contribution in [0.3, 0.4) is 0 Å². The molecule has 0 spiro atoms. The number of benzene rings is 1. The van der Waals surface area contributed by atoms with E-state index in [1.165, 1.54) is 20.3 Å². The van der Waals surface area contributed by atoms with Gasteiger partial charge in [0.2, 0.25) is 0 Å². The van der Waals surface area contributed by atoms with E-state index in [2.05, 4.69) is 4.74 Å². The summed E-state index contributed by atoms with van der Waals surface area (Å²) in [4.78, 5) is 22.0. The Bertz CT molecular complexity index is 413. The van der Waals surface area contributed by atoms with E-state index < -0.39 is 12.1 Å². The van der Waals surface area contributed by atoms with E-state index in [-0.39, 0.29) is 0 Å². The summed E-state index contributed by atoms with van der Waals surface area (Å²) >= 11 is 0. The first-order valence-corrected chi connectivity index (χ1v) is 5.00. The van der Waals surface area contributed by atoms with Gasteiger partial charge in [0.1, 0.15) is 11.5 Å². The fourth-order valence-electron chi connectivity index (χ4n) is 1.26. The van der Waals surface area contributed by atoms with Gasteiger partial charge < -0.3 is 14.2 Å². The monoisotopic (exact) mass is 238 g/mol. The maximum Gasteiger partial charge on any atom is 0.346 e. The normalized spacial score (nSPS) is 11.5. The third-order valence-corrected chi connectivity index (χ3v) is 2.18. The van der Waals surface area contributed by atoms with Crippen molar-refractivity contribution < 1.29 is 23.8 Å². The highest BCUT2D eigenvalue weighted by Crippen LogP contribution is 2.23. The van der Waals surface area contributed by atoms with E-state index in [9.17, 15) is 9.59 Å². The molecule has 5 heteroatoms. The Morgan fingerprint density at radius 2 is 2.06 bits per heavy atom. The summed E-state index contributed by atoms with van der Waals surface area (Å²) in [7, 11) is 2.78. The zero-order valence-corrected chi connectivity index (χ0v) is 9.93. The first-order chi connectivity index (χ1) is 8.12. The lowest BCUT2D eigenvalue weighted by atomic mass is 10.2. The molecule has 0 saturated carbocycles. The van der Waals surface area contributed by atoms with Gasteiger partial charge in [0.25, 0.3) is 0 Å². The van der Waals surface area contributed by atoms with Crippen molar-refractivity contribution in [2.75, 3.05) is 14.2 Å². The number of hydrogen-bond donors (Lipinski definition) is 0. The number of hydrogen-bond acceptors (Lipinski definition) is 5. The predicted octanol–water partition coefficient (Wildman–Crippen LogP) is 1.45. The lowest BCUT2D eigenvalue weighted by Gasteiger charge is -2.14. The Hall–Kier alpha value is -2.04. The van der Waals surface area contributed by atoms with E-state index in [4.69, 9.17) is 9.47 Å². The van der Waals surface area contributed by atoms with E-state index >= 15 is 0 Å². The molecule has 1 rings (SSSR count). The van der Waals surface area contributed by atoms with Crippen molar-refractivity contribution in [3.05, 3.63) is 23.8 Å². The molecule has 1 atom stereocenters. The minimum atomic E-state index is -0.771. The predicted molar refractivity (Wildman–Crippen MR) is 60.5 cm³/mol. The quantitative estimate of drug-likeness (QED) is 0.574. The summed E-state index contributed by atoms with van der Waals surface area (Å²) in [5, 5.41) is 0. The third-order valence-electron chi connectivity index (χ3n) is 2.18. The number of carbonyl (C=O) groups is 2. The van der Waals surface area contributed by atoms with E-state index in [1.54, 1.807) is 19.1 Å². The molecule has 0 aromatic heterocycles. The zero-order chi connectivity index (χ0) is 12.8. The second-order valence-corrected chi connectivity index (χ2v) is 3.30. The molecule has 1 unspecified atom stereocenters. The SMILES string of the molecule is COC(=O)C(C)Oc1ccc(OC)cc1C=O. The second-order valence-electron chi connectivity index (χ2n) is 3.30. The molecule has 1 aromatic carbocycles. The molecule has 5 nitrogen and oxygen atoms in total. The van der Waals surface area contributed by atoms with Crippen LogP contribution in [-0.4, -0.2) is 32.6 Å². The van der Waals surface area contributed by atoms with Crippen molar-refractivity contribution in [2.24, 2.45) is 0 Å². The molecule has 0 amide bonds. The Morgan fingerprint density at radius 1 is 1.35 bits per heavy atom. The molecule has 17 heavy (non-hydrogen) atoms. The van der Waals surface area contributed by atoms with Gasteiger partial charge in [-0.15, -0.1) is 0 Å². The van der Waals surface area contributed by atoms with Gasteiger partial charge in [-0.3, -0.25) is 4.79 Å². The highest BCUT2D eigenvalue weighted by Gasteiger charge is 2.16. The highest BCUT2D eigenvalue weighted by atomic mass is 16.6.